The minimum absolute atomic E-state index is 0.0390. The van der Waals surface area contributed by atoms with Gasteiger partial charge in [-0.15, -0.1) is 11.3 Å². The molecule has 0 N–H and O–H groups in total. The van der Waals surface area contributed by atoms with Gasteiger partial charge in [-0.05, 0) is 46.6 Å². The molecule has 110 valence electrons. The summed E-state index contributed by atoms with van der Waals surface area (Å²) in [6.45, 7) is 3.45. The van der Waals surface area contributed by atoms with Crippen LogP contribution in [0.3, 0.4) is 0 Å². The average molecular weight is 368 g/mol. The zero-order chi connectivity index (χ0) is 14.8. The highest BCUT2D eigenvalue weighted by Crippen LogP contribution is 2.33. The monoisotopic (exact) mass is 367 g/mol. The Morgan fingerprint density at radius 3 is 2.86 bits per heavy atom. The first-order chi connectivity index (χ1) is 10.2. The highest BCUT2D eigenvalue weighted by molar-refractivity contribution is 9.11. The molecule has 1 aliphatic heterocycles. The van der Waals surface area contributed by atoms with Crippen LogP contribution in [0.25, 0.3) is 0 Å². The van der Waals surface area contributed by atoms with Gasteiger partial charge >= 0.3 is 0 Å². The van der Waals surface area contributed by atoms with Gasteiger partial charge < -0.3 is 14.4 Å². The molecule has 0 saturated carbocycles. The molecule has 4 nitrogen and oxygen atoms in total. The minimum atomic E-state index is 0.0390. The first kappa shape index (κ1) is 14.4. The second-order valence-corrected chi connectivity index (χ2v) is 6.94. The van der Waals surface area contributed by atoms with E-state index in [0.717, 1.165) is 26.4 Å². The van der Waals surface area contributed by atoms with Gasteiger partial charge in [0.15, 0.2) is 11.5 Å². The smallest absolute Gasteiger partial charge is 0.255 e. The zero-order valence-electron chi connectivity index (χ0n) is 11.5. The highest BCUT2D eigenvalue weighted by Gasteiger charge is 2.18. The Hall–Kier alpha value is -1.53. The first-order valence-corrected chi connectivity index (χ1v) is 8.26. The minimum Gasteiger partial charge on any atom is -0.454 e. The molecule has 0 aliphatic carbocycles. The first-order valence-electron chi connectivity index (χ1n) is 6.59. The fourth-order valence-corrected chi connectivity index (χ4v) is 3.32. The predicted molar refractivity (Wildman–Crippen MR) is 85.0 cm³/mol. The Bertz CT molecular complexity index is 671. The van der Waals surface area contributed by atoms with E-state index in [1.54, 1.807) is 0 Å². The molecule has 2 aromatic rings. The Morgan fingerprint density at radius 2 is 2.14 bits per heavy atom. The van der Waals surface area contributed by atoms with Crippen molar-refractivity contribution in [1.82, 2.24) is 4.90 Å². The molecule has 1 amide bonds. The number of benzene rings is 1. The molecule has 1 aromatic carbocycles. The predicted octanol–water partition coefficient (Wildman–Crippen LogP) is 3.90. The molecule has 0 spiro atoms. The molecule has 21 heavy (non-hydrogen) atoms. The molecule has 0 fully saturated rings. The van der Waals surface area contributed by atoms with E-state index in [-0.39, 0.29) is 12.7 Å². The Morgan fingerprint density at radius 1 is 1.33 bits per heavy atom. The van der Waals surface area contributed by atoms with E-state index in [0.29, 0.717) is 13.1 Å². The van der Waals surface area contributed by atoms with Crippen LogP contribution in [0.2, 0.25) is 0 Å². The van der Waals surface area contributed by atoms with Crippen LogP contribution in [0.5, 0.6) is 11.5 Å². The molecular weight excluding hydrogens is 354 g/mol. The summed E-state index contributed by atoms with van der Waals surface area (Å²) in [6, 6.07) is 7.64. The lowest BCUT2D eigenvalue weighted by molar-refractivity contribution is 0.0753. The van der Waals surface area contributed by atoms with Crippen LogP contribution in [0.4, 0.5) is 0 Å². The van der Waals surface area contributed by atoms with E-state index in [2.05, 4.69) is 15.9 Å². The molecule has 0 atom stereocenters. The van der Waals surface area contributed by atoms with Crippen LogP contribution in [-0.2, 0) is 6.54 Å². The third-order valence-electron chi connectivity index (χ3n) is 3.29. The summed E-state index contributed by atoms with van der Waals surface area (Å²) in [5.41, 5.74) is 1.75. The van der Waals surface area contributed by atoms with Crippen LogP contribution in [0.15, 0.2) is 33.4 Å². The summed E-state index contributed by atoms with van der Waals surface area (Å²) in [7, 11) is 0. The van der Waals surface area contributed by atoms with Crippen LogP contribution in [-0.4, -0.2) is 24.1 Å². The van der Waals surface area contributed by atoms with E-state index < -0.39 is 0 Å². The zero-order valence-corrected chi connectivity index (χ0v) is 13.9. The summed E-state index contributed by atoms with van der Waals surface area (Å²) in [5.74, 6) is 1.54. The summed E-state index contributed by atoms with van der Waals surface area (Å²) in [6.07, 6.45) is 0. The fraction of sp³-hybridized carbons (Fsp3) is 0.267. The van der Waals surface area contributed by atoms with Crippen LogP contribution >= 0.6 is 27.3 Å². The molecule has 0 unspecified atom stereocenters. The molecule has 3 rings (SSSR count). The van der Waals surface area contributed by atoms with E-state index in [9.17, 15) is 4.79 Å². The van der Waals surface area contributed by atoms with Gasteiger partial charge in [0.25, 0.3) is 5.91 Å². The second kappa shape index (κ2) is 6.07. The maximum absolute atomic E-state index is 12.5. The number of hydrogen-bond acceptors (Lipinski definition) is 4. The normalized spacial score (nSPS) is 12.5. The number of carbonyl (C=O) groups is 1. The lowest BCUT2D eigenvalue weighted by Gasteiger charge is -2.20. The van der Waals surface area contributed by atoms with Crippen molar-refractivity contribution >= 4 is 33.2 Å². The molecule has 0 bridgehead atoms. The number of ether oxygens (including phenoxy) is 2. The molecular formula is C15H14BrNO3S. The van der Waals surface area contributed by atoms with Crippen molar-refractivity contribution in [3.63, 3.8) is 0 Å². The highest BCUT2D eigenvalue weighted by atomic mass is 79.9. The second-order valence-electron chi connectivity index (χ2n) is 4.65. The summed E-state index contributed by atoms with van der Waals surface area (Å²) in [4.78, 5) is 14.3. The number of carbonyl (C=O) groups excluding carboxylic acids is 1. The fourth-order valence-electron chi connectivity index (χ4n) is 2.19. The number of fused-ring (bicyclic) bond motifs is 1. The number of nitrogens with zero attached hydrogens (tertiary/aromatic N) is 1. The SMILES string of the molecule is CCN(Cc1ccc2c(c1)OCO2)C(=O)c1csc(Br)c1. The Kier molecular flexibility index (Phi) is 4.17. The van der Waals surface area contributed by atoms with Crippen LogP contribution in [0, 0.1) is 0 Å². The Labute approximate surface area is 135 Å². The third kappa shape index (κ3) is 3.06. The maximum Gasteiger partial charge on any atom is 0.255 e. The van der Waals surface area contributed by atoms with Crippen molar-refractivity contribution < 1.29 is 14.3 Å². The molecule has 1 aliphatic rings. The molecule has 0 radical (unpaired) electrons. The summed E-state index contributed by atoms with van der Waals surface area (Å²) in [5, 5.41) is 1.87. The van der Waals surface area contributed by atoms with Crippen molar-refractivity contribution in [3.8, 4) is 11.5 Å². The van der Waals surface area contributed by atoms with Gasteiger partial charge in [0.05, 0.1) is 9.35 Å². The topological polar surface area (TPSA) is 38.8 Å². The third-order valence-corrected chi connectivity index (χ3v) is 4.80. The van der Waals surface area contributed by atoms with Crippen LogP contribution < -0.4 is 9.47 Å². The lowest BCUT2D eigenvalue weighted by atomic mass is 10.1. The van der Waals surface area contributed by atoms with Crippen molar-refractivity contribution in [2.24, 2.45) is 0 Å². The number of halogens is 1. The van der Waals surface area contributed by atoms with Crippen molar-refractivity contribution in [2.45, 2.75) is 13.5 Å². The van der Waals surface area contributed by atoms with Gasteiger partial charge in [-0.2, -0.15) is 0 Å². The van der Waals surface area contributed by atoms with Crippen molar-refractivity contribution in [1.29, 1.82) is 0 Å². The van der Waals surface area contributed by atoms with Crippen molar-refractivity contribution in [3.05, 3.63) is 44.6 Å². The average Bonchev–Trinajstić information content (AvgIpc) is 3.12. The van der Waals surface area contributed by atoms with Gasteiger partial charge in [0.1, 0.15) is 0 Å². The van der Waals surface area contributed by atoms with Gasteiger partial charge in [0.2, 0.25) is 6.79 Å². The van der Waals surface area contributed by atoms with Gasteiger partial charge in [-0.3, -0.25) is 4.79 Å². The van der Waals surface area contributed by atoms with Gasteiger partial charge in [0, 0.05) is 18.5 Å². The molecule has 0 saturated heterocycles. The van der Waals surface area contributed by atoms with E-state index in [1.807, 2.05) is 41.5 Å². The largest absolute Gasteiger partial charge is 0.454 e. The number of amides is 1. The number of hydrogen-bond donors (Lipinski definition) is 0. The number of thiophene rings is 1. The Balaban J connectivity index is 1.76. The van der Waals surface area contributed by atoms with E-state index in [1.165, 1.54) is 11.3 Å². The lowest BCUT2D eigenvalue weighted by Crippen LogP contribution is -2.29. The van der Waals surface area contributed by atoms with E-state index >= 15 is 0 Å². The maximum atomic E-state index is 12.5. The van der Waals surface area contributed by atoms with Crippen molar-refractivity contribution in [2.75, 3.05) is 13.3 Å². The quantitative estimate of drug-likeness (QED) is 0.822. The van der Waals surface area contributed by atoms with E-state index in [4.69, 9.17) is 9.47 Å². The van der Waals surface area contributed by atoms with Crippen LogP contribution in [0.1, 0.15) is 22.8 Å². The molecule has 2 heterocycles. The van der Waals surface area contributed by atoms with Gasteiger partial charge in [-0.1, -0.05) is 6.07 Å². The summed E-state index contributed by atoms with van der Waals surface area (Å²) >= 11 is 4.91. The standard InChI is InChI=1S/C15H14BrNO3S/c1-2-17(15(18)11-6-14(16)21-8-11)7-10-3-4-12-13(5-10)20-9-19-12/h3-6,8H,2,7,9H2,1H3. The molecule has 6 heteroatoms. The molecule has 1 aromatic heterocycles. The van der Waals surface area contributed by atoms with Gasteiger partial charge in [-0.25, -0.2) is 0 Å². The number of rotatable bonds is 4. The summed E-state index contributed by atoms with van der Waals surface area (Å²) < 4.78 is 11.6.